The zero-order valence-corrected chi connectivity index (χ0v) is 10.8. The molecule has 0 aliphatic carbocycles. The van der Waals surface area contributed by atoms with E-state index in [4.69, 9.17) is 15.6 Å². The van der Waals surface area contributed by atoms with Crippen LogP contribution in [0.15, 0.2) is 22.7 Å². The van der Waals surface area contributed by atoms with E-state index in [9.17, 15) is 0 Å². The van der Waals surface area contributed by atoms with Crippen LogP contribution >= 0.6 is 28.3 Å². The van der Waals surface area contributed by atoms with Gasteiger partial charge in [-0.15, -0.1) is 12.4 Å². The van der Waals surface area contributed by atoms with Crippen LogP contribution in [-0.4, -0.2) is 18.8 Å². The third-order valence-corrected chi connectivity index (χ3v) is 2.76. The Morgan fingerprint density at radius 2 is 2.20 bits per heavy atom. The van der Waals surface area contributed by atoms with Gasteiger partial charge in [0.15, 0.2) is 0 Å². The minimum atomic E-state index is -0.163. The maximum atomic E-state index is 8.79. The van der Waals surface area contributed by atoms with E-state index >= 15 is 0 Å². The van der Waals surface area contributed by atoms with E-state index in [0.29, 0.717) is 6.42 Å². The zero-order valence-electron chi connectivity index (χ0n) is 8.44. The van der Waals surface area contributed by atoms with Crippen molar-refractivity contribution in [1.82, 2.24) is 0 Å². The average molecular weight is 297 g/mol. The second-order valence-electron chi connectivity index (χ2n) is 3.01. The Balaban J connectivity index is 0.00000196. The van der Waals surface area contributed by atoms with Crippen LogP contribution in [0.5, 0.6) is 5.75 Å². The number of rotatable bonds is 4. The van der Waals surface area contributed by atoms with Gasteiger partial charge in [-0.25, -0.2) is 0 Å². The zero-order chi connectivity index (χ0) is 10.6. The van der Waals surface area contributed by atoms with Gasteiger partial charge in [-0.05, 0) is 30.2 Å². The largest absolute Gasteiger partial charge is 0.497 e. The smallest absolute Gasteiger partial charge is 0.119 e. The van der Waals surface area contributed by atoms with Crippen LogP contribution in [0.3, 0.4) is 0 Å². The number of benzene rings is 1. The molecule has 1 aromatic rings. The minimum Gasteiger partial charge on any atom is -0.497 e. The molecule has 0 saturated heterocycles. The van der Waals surface area contributed by atoms with Crippen LogP contribution in [0.2, 0.25) is 0 Å². The number of aliphatic hydroxyl groups is 1. The quantitative estimate of drug-likeness (QED) is 0.896. The summed E-state index contributed by atoms with van der Waals surface area (Å²) in [5, 5.41) is 8.79. The van der Waals surface area contributed by atoms with Crippen molar-refractivity contribution < 1.29 is 9.84 Å². The number of aliphatic hydroxyl groups excluding tert-OH is 1. The summed E-state index contributed by atoms with van der Waals surface area (Å²) in [7, 11) is 1.62. The van der Waals surface area contributed by atoms with Crippen molar-refractivity contribution in [2.24, 2.45) is 5.73 Å². The summed E-state index contributed by atoms with van der Waals surface area (Å²) < 4.78 is 6.04. The van der Waals surface area contributed by atoms with Gasteiger partial charge in [-0.3, -0.25) is 0 Å². The fourth-order valence-corrected chi connectivity index (χ4v) is 1.77. The number of hydrogen-bond acceptors (Lipinski definition) is 3. The monoisotopic (exact) mass is 295 g/mol. The summed E-state index contributed by atoms with van der Waals surface area (Å²) in [4.78, 5) is 0. The van der Waals surface area contributed by atoms with Gasteiger partial charge < -0.3 is 15.6 Å². The molecule has 0 fully saturated rings. The molecule has 3 N–H and O–H groups in total. The molecule has 0 amide bonds. The van der Waals surface area contributed by atoms with Crippen molar-refractivity contribution in [3.63, 3.8) is 0 Å². The molecule has 86 valence electrons. The van der Waals surface area contributed by atoms with Crippen molar-refractivity contribution in [2.75, 3.05) is 13.7 Å². The van der Waals surface area contributed by atoms with E-state index in [-0.39, 0.29) is 25.1 Å². The van der Waals surface area contributed by atoms with Crippen molar-refractivity contribution in [2.45, 2.75) is 12.5 Å². The van der Waals surface area contributed by atoms with E-state index in [1.165, 1.54) is 0 Å². The third-order valence-electron chi connectivity index (χ3n) is 2.04. The highest BCUT2D eigenvalue weighted by atomic mass is 79.9. The van der Waals surface area contributed by atoms with Crippen molar-refractivity contribution >= 4 is 28.3 Å². The van der Waals surface area contributed by atoms with Crippen LogP contribution in [0.25, 0.3) is 0 Å². The highest BCUT2D eigenvalue weighted by molar-refractivity contribution is 9.10. The molecule has 1 rings (SSSR count). The molecule has 0 aliphatic rings. The maximum Gasteiger partial charge on any atom is 0.119 e. The van der Waals surface area contributed by atoms with Gasteiger partial charge in [0.05, 0.1) is 7.11 Å². The Morgan fingerprint density at radius 1 is 1.53 bits per heavy atom. The summed E-state index contributed by atoms with van der Waals surface area (Å²) in [6, 6.07) is 5.47. The standard InChI is InChI=1S/C10H14BrNO2.ClH/c1-14-7-2-3-9(11)8(6-7)10(12)4-5-13;/h2-3,6,10,13H,4-5,12H2,1H3;1H. The lowest BCUT2D eigenvalue weighted by atomic mass is 10.1. The topological polar surface area (TPSA) is 55.5 Å². The Hall–Kier alpha value is -0.290. The number of ether oxygens (including phenoxy) is 1. The fourth-order valence-electron chi connectivity index (χ4n) is 1.23. The van der Waals surface area contributed by atoms with Crippen LogP contribution in [-0.2, 0) is 0 Å². The molecule has 0 aromatic heterocycles. The lowest BCUT2D eigenvalue weighted by molar-refractivity contribution is 0.276. The van der Waals surface area contributed by atoms with E-state index in [2.05, 4.69) is 15.9 Å². The van der Waals surface area contributed by atoms with Gasteiger partial charge in [0.1, 0.15) is 5.75 Å². The molecule has 0 aliphatic heterocycles. The summed E-state index contributed by atoms with van der Waals surface area (Å²) in [5.74, 6) is 0.775. The molecule has 0 saturated carbocycles. The lowest BCUT2D eigenvalue weighted by Crippen LogP contribution is -2.12. The summed E-state index contributed by atoms with van der Waals surface area (Å²) in [6.07, 6.45) is 0.547. The molecular weight excluding hydrogens is 281 g/mol. The number of hydrogen-bond donors (Lipinski definition) is 2. The summed E-state index contributed by atoms with van der Waals surface area (Å²) >= 11 is 3.41. The Kier molecular flexibility index (Phi) is 6.92. The van der Waals surface area contributed by atoms with Crippen LogP contribution in [0.4, 0.5) is 0 Å². The first-order valence-corrected chi connectivity index (χ1v) is 5.18. The molecule has 1 atom stereocenters. The van der Waals surface area contributed by atoms with Crippen molar-refractivity contribution in [3.05, 3.63) is 28.2 Å². The molecule has 1 aromatic carbocycles. The molecule has 1 unspecified atom stereocenters. The van der Waals surface area contributed by atoms with Crippen molar-refractivity contribution in [3.8, 4) is 5.75 Å². The first-order chi connectivity index (χ1) is 6.69. The molecule has 5 heteroatoms. The summed E-state index contributed by atoms with van der Waals surface area (Å²) in [5.41, 5.74) is 6.84. The van der Waals surface area contributed by atoms with Crippen LogP contribution < -0.4 is 10.5 Å². The van der Waals surface area contributed by atoms with Gasteiger partial charge in [-0.1, -0.05) is 15.9 Å². The predicted molar refractivity (Wildman–Crippen MR) is 66.6 cm³/mol. The van der Waals surface area contributed by atoms with E-state index in [0.717, 1.165) is 15.8 Å². The van der Waals surface area contributed by atoms with Gasteiger partial charge >= 0.3 is 0 Å². The van der Waals surface area contributed by atoms with Gasteiger partial charge in [0.25, 0.3) is 0 Å². The van der Waals surface area contributed by atoms with Gasteiger partial charge in [0, 0.05) is 17.1 Å². The molecule has 0 radical (unpaired) electrons. The van der Waals surface area contributed by atoms with E-state index < -0.39 is 0 Å². The third kappa shape index (κ3) is 3.99. The number of methoxy groups -OCH3 is 1. The molecule has 0 heterocycles. The maximum absolute atomic E-state index is 8.79. The second-order valence-corrected chi connectivity index (χ2v) is 3.86. The molecule has 15 heavy (non-hydrogen) atoms. The van der Waals surface area contributed by atoms with E-state index in [1.54, 1.807) is 7.11 Å². The Bertz CT molecular complexity index is 309. The summed E-state index contributed by atoms with van der Waals surface area (Å²) in [6.45, 7) is 0.0881. The average Bonchev–Trinajstić information content (AvgIpc) is 2.19. The molecule has 3 nitrogen and oxygen atoms in total. The lowest BCUT2D eigenvalue weighted by Gasteiger charge is -2.13. The molecular formula is C10H15BrClNO2. The fraction of sp³-hybridized carbons (Fsp3) is 0.400. The van der Waals surface area contributed by atoms with Gasteiger partial charge in [0.2, 0.25) is 0 Å². The first-order valence-electron chi connectivity index (χ1n) is 4.39. The van der Waals surface area contributed by atoms with Crippen LogP contribution in [0.1, 0.15) is 18.0 Å². The Labute approximate surface area is 104 Å². The molecule has 0 bridgehead atoms. The highest BCUT2D eigenvalue weighted by Crippen LogP contribution is 2.27. The highest BCUT2D eigenvalue weighted by Gasteiger charge is 2.10. The van der Waals surface area contributed by atoms with Gasteiger partial charge in [-0.2, -0.15) is 0 Å². The normalized spacial score (nSPS) is 11.7. The molecule has 0 spiro atoms. The van der Waals surface area contributed by atoms with Crippen LogP contribution in [0, 0.1) is 0 Å². The second kappa shape index (κ2) is 7.06. The predicted octanol–water partition coefficient (Wildman–Crippen LogP) is 2.26. The number of halogens is 2. The minimum absolute atomic E-state index is 0. The Morgan fingerprint density at radius 3 is 2.73 bits per heavy atom. The SMILES string of the molecule is COc1ccc(Br)c(C(N)CCO)c1.Cl. The number of nitrogens with two attached hydrogens (primary N) is 1. The van der Waals surface area contributed by atoms with Crippen molar-refractivity contribution in [1.29, 1.82) is 0 Å². The first kappa shape index (κ1) is 14.7. The van der Waals surface area contributed by atoms with E-state index in [1.807, 2.05) is 18.2 Å².